The number of nitrogens with one attached hydrogen (secondary N) is 1. The van der Waals surface area contributed by atoms with Crippen LogP contribution in [0, 0.1) is 0 Å². The van der Waals surface area contributed by atoms with Crippen LogP contribution >= 0.6 is 0 Å². The highest BCUT2D eigenvalue weighted by molar-refractivity contribution is 5.89. The summed E-state index contributed by atoms with van der Waals surface area (Å²) in [6, 6.07) is 23.6. The quantitative estimate of drug-likeness (QED) is 0.696. The number of hydrogen-bond donors (Lipinski definition) is 1. The third kappa shape index (κ3) is 4.66. The van der Waals surface area contributed by atoms with Crippen LogP contribution in [0.15, 0.2) is 72.8 Å². The Balaban J connectivity index is 1.59. The lowest BCUT2D eigenvalue weighted by Gasteiger charge is -2.21. The third-order valence-electron chi connectivity index (χ3n) is 4.06. The first-order chi connectivity index (χ1) is 12.8. The van der Waals surface area contributed by atoms with E-state index >= 15 is 0 Å². The summed E-state index contributed by atoms with van der Waals surface area (Å²) in [5.74, 6) is 1.16. The maximum atomic E-state index is 12.1. The smallest absolute Gasteiger partial charge is 0.225 e. The zero-order valence-corrected chi connectivity index (χ0v) is 14.8. The van der Waals surface area contributed by atoms with E-state index in [9.17, 15) is 4.79 Å². The van der Waals surface area contributed by atoms with Gasteiger partial charge >= 0.3 is 0 Å². The number of aromatic nitrogens is 2. The van der Waals surface area contributed by atoms with Crippen LogP contribution in [0.3, 0.4) is 0 Å². The predicted molar refractivity (Wildman–Crippen MR) is 105 cm³/mol. The summed E-state index contributed by atoms with van der Waals surface area (Å²) in [5.41, 5.74) is 2.20. The molecular weight excluding hydrogens is 324 g/mol. The predicted octanol–water partition coefficient (Wildman–Crippen LogP) is 4.21. The molecule has 0 aliphatic heterocycles. The molecule has 2 aromatic carbocycles. The lowest BCUT2D eigenvalue weighted by atomic mass is 10.1. The van der Waals surface area contributed by atoms with Gasteiger partial charge in [-0.1, -0.05) is 48.5 Å². The Morgan fingerprint density at radius 2 is 1.62 bits per heavy atom. The number of rotatable bonds is 7. The maximum absolute atomic E-state index is 12.1. The maximum Gasteiger partial charge on any atom is 0.225 e. The molecule has 0 fully saturated rings. The van der Waals surface area contributed by atoms with Crippen molar-refractivity contribution in [3.8, 4) is 0 Å². The van der Waals surface area contributed by atoms with Crippen molar-refractivity contribution in [2.45, 2.75) is 19.8 Å². The number of benzene rings is 2. The van der Waals surface area contributed by atoms with Crippen molar-refractivity contribution in [3.05, 3.63) is 78.4 Å². The molecule has 5 nitrogen and oxygen atoms in total. The molecular formula is C21H22N4O. The highest BCUT2D eigenvalue weighted by Gasteiger charge is 2.10. The molecule has 5 heteroatoms. The van der Waals surface area contributed by atoms with Gasteiger partial charge in [0.2, 0.25) is 5.91 Å². The summed E-state index contributed by atoms with van der Waals surface area (Å²) in [4.78, 5) is 14.2. The fourth-order valence-electron chi connectivity index (χ4n) is 2.73. The van der Waals surface area contributed by atoms with Gasteiger partial charge in [0, 0.05) is 18.7 Å². The molecule has 3 rings (SSSR count). The molecule has 26 heavy (non-hydrogen) atoms. The van der Waals surface area contributed by atoms with Crippen molar-refractivity contribution >= 4 is 23.2 Å². The van der Waals surface area contributed by atoms with Gasteiger partial charge in [0.15, 0.2) is 11.6 Å². The van der Waals surface area contributed by atoms with Gasteiger partial charge in [-0.25, -0.2) is 0 Å². The van der Waals surface area contributed by atoms with E-state index in [1.165, 1.54) is 0 Å². The standard InChI is InChI=1S/C21H22N4O/c1-2-25(18-11-7-4-8-12-18)20-15-14-19(23-24-20)22-21(26)16-13-17-9-5-3-6-10-17/h3-12,14-15H,2,13,16H2,1H3,(H,22,23,26). The highest BCUT2D eigenvalue weighted by Crippen LogP contribution is 2.22. The molecule has 0 saturated heterocycles. The van der Waals surface area contributed by atoms with Gasteiger partial charge in [-0.2, -0.15) is 0 Å². The summed E-state index contributed by atoms with van der Waals surface area (Å²) in [5, 5.41) is 11.2. The van der Waals surface area contributed by atoms with Gasteiger partial charge in [0.1, 0.15) is 0 Å². The Kier molecular flexibility index (Phi) is 5.93. The summed E-state index contributed by atoms with van der Waals surface area (Å²) in [6.45, 7) is 2.84. The first-order valence-corrected chi connectivity index (χ1v) is 8.76. The van der Waals surface area contributed by atoms with Crippen LogP contribution in [-0.2, 0) is 11.2 Å². The van der Waals surface area contributed by atoms with E-state index in [0.717, 1.165) is 23.6 Å². The molecule has 1 aromatic heterocycles. The molecule has 0 bridgehead atoms. The zero-order chi connectivity index (χ0) is 18.2. The molecule has 3 aromatic rings. The Bertz CT molecular complexity index is 820. The van der Waals surface area contributed by atoms with E-state index in [1.54, 1.807) is 6.07 Å². The molecule has 0 aliphatic rings. The fourth-order valence-corrected chi connectivity index (χ4v) is 2.73. The molecule has 0 unspecified atom stereocenters. The number of carbonyl (C=O) groups is 1. The van der Waals surface area contributed by atoms with Gasteiger partial charge in [-0.05, 0) is 43.2 Å². The number of para-hydroxylation sites is 1. The van der Waals surface area contributed by atoms with Crippen LogP contribution in [0.2, 0.25) is 0 Å². The van der Waals surface area contributed by atoms with Crippen molar-refractivity contribution < 1.29 is 4.79 Å². The van der Waals surface area contributed by atoms with Gasteiger partial charge in [0.05, 0.1) is 0 Å². The first-order valence-electron chi connectivity index (χ1n) is 8.76. The van der Waals surface area contributed by atoms with Crippen molar-refractivity contribution in [2.24, 2.45) is 0 Å². The van der Waals surface area contributed by atoms with Crippen LogP contribution in [-0.4, -0.2) is 22.6 Å². The SMILES string of the molecule is CCN(c1ccccc1)c1ccc(NC(=O)CCc2ccccc2)nn1. The minimum absolute atomic E-state index is 0.0636. The average Bonchev–Trinajstić information content (AvgIpc) is 2.70. The minimum atomic E-state index is -0.0636. The van der Waals surface area contributed by atoms with Crippen LogP contribution < -0.4 is 10.2 Å². The van der Waals surface area contributed by atoms with Gasteiger partial charge in [-0.15, -0.1) is 10.2 Å². The second-order valence-electron chi connectivity index (χ2n) is 5.89. The monoisotopic (exact) mass is 346 g/mol. The largest absolute Gasteiger partial charge is 0.325 e. The van der Waals surface area contributed by atoms with Crippen LogP contribution in [0.4, 0.5) is 17.3 Å². The van der Waals surface area contributed by atoms with Crippen molar-refractivity contribution in [1.29, 1.82) is 0 Å². The molecule has 132 valence electrons. The second-order valence-corrected chi connectivity index (χ2v) is 5.89. The minimum Gasteiger partial charge on any atom is -0.325 e. The highest BCUT2D eigenvalue weighted by atomic mass is 16.1. The average molecular weight is 346 g/mol. The molecule has 0 aliphatic carbocycles. The van der Waals surface area contributed by atoms with Crippen molar-refractivity contribution in [1.82, 2.24) is 10.2 Å². The number of aryl methyl sites for hydroxylation is 1. The Morgan fingerprint density at radius 3 is 2.23 bits per heavy atom. The normalized spacial score (nSPS) is 10.3. The lowest BCUT2D eigenvalue weighted by molar-refractivity contribution is -0.116. The summed E-state index contributed by atoms with van der Waals surface area (Å²) in [6.07, 6.45) is 1.12. The fraction of sp³-hybridized carbons (Fsp3) is 0.190. The molecule has 1 amide bonds. The number of carbonyl (C=O) groups excluding carboxylic acids is 1. The molecule has 0 radical (unpaired) electrons. The van der Waals surface area contributed by atoms with Crippen molar-refractivity contribution in [3.63, 3.8) is 0 Å². The van der Waals surface area contributed by atoms with E-state index in [1.807, 2.05) is 66.7 Å². The van der Waals surface area contributed by atoms with E-state index < -0.39 is 0 Å². The molecule has 0 saturated carbocycles. The van der Waals surface area contributed by atoms with Crippen LogP contribution in [0.5, 0.6) is 0 Å². The van der Waals surface area contributed by atoms with Crippen LogP contribution in [0.25, 0.3) is 0 Å². The number of nitrogens with zero attached hydrogens (tertiary/aromatic N) is 3. The third-order valence-corrected chi connectivity index (χ3v) is 4.06. The Morgan fingerprint density at radius 1 is 0.923 bits per heavy atom. The number of amides is 1. The van der Waals surface area contributed by atoms with Gasteiger partial charge < -0.3 is 10.2 Å². The van der Waals surface area contributed by atoms with E-state index in [4.69, 9.17) is 0 Å². The number of anilines is 3. The summed E-state index contributed by atoms with van der Waals surface area (Å²) in [7, 11) is 0. The summed E-state index contributed by atoms with van der Waals surface area (Å²) >= 11 is 0. The van der Waals surface area contributed by atoms with Crippen molar-refractivity contribution in [2.75, 3.05) is 16.8 Å². The lowest BCUT2D eigenvalue weighted by Crippen LogP contribution is -2.19. The van der Waals surface area contributed by atoms with E-state index in [-0.39, 0.29) is 5.91 Å². The molecule has 1 N–H and O–H groups in total. The molecule has 0 spiro atoms. The molecule has 0 atom stereocenters. The Labute approximate surface area is 153 Å². The first kappa shape index (κ1) is 17.6. The van der Waals surface area contributed by atoms with Crippen LogP contribution in [0.1, 0.15) is 18.9 Å². The van der Waals surface area contributed by atoms with Gasteiger partial charge in [-0.3, -0.25) is 4.79 Å². The van der Waals surface area contributed by atoms with E-state index in [0.29, 0.717) is 18.7 Å². The molecule has 1 heterocycles. The topological polar surface area (TPSA) is 58.1 Å². The summed E-state index contributed by atoms with van der Waals surface area (Å²) < 4.78 is 0. The van der Waals surface area contributed by atoms with E-state index in [2.05, 4.69) is 27.3 Å². The zero-order valence-electron chi connectivity index (χ0n) is 14.8. The second kappa shape index (κ2) is 8.76. The van der Waals surface area contributed by atoms with Gasteiger partial charge in [0.25, 0.3) is 0 Å². The Hall–Kier alpha value is -3.21. The number of hydrogen-bond acceptors (Lipinski definition) is 4.